The fourth-order valence-corrected chi connectivity index (χ4v) is 1.90. The molecule has 2 aromatic rings. The van der Waals surface area contributed by atoms with Crippen molar-refractivity contribution in [2.24, 2.45) is 0 Å². The normalized spacial score (nSPS) is 13.6. The van der Waals surface area contributed by atoms with Gasteiger partial charge in [-0.1, -0.05) is 12.1 Å². The molecular weight excluding hydrogens is 264 g/mol. The lowest BCUT2D eigenvalue weighted by molar-refractivity contribution is 0.185. The third kappa shape index (κ3) is 3.86. The molecule has 1 atom stereocenters. The molecule has 0 fully saturated rings. The minimum absolute atomic E-state index is 0.113. The summed E-state index contributed by atoms with van der Waals surface area (Å²) < 4.78 is 1.67. The molecule has 0 saturated heterocycles. The highest BCUT2D eigenvalue weighted by atomic mass is 15.5. The molecule has 0 spiro atoms. The van der Waals surface area contributed by atoms with Crippen LogP contribution in [0.5, 0.6) is 0 Å². The van der Waals surface area contributed by atoms with E-state index in [1.54, 1.807) is 11.0 Å². The number of rotatable bonds is 6. The van der Waals surface area contributed by atoms with Gasteiger partial charge in [-0.3, -0.25) is 0 Å². The highest BCUT2D eigenvalue weighted by molar-refractivity contribution is 5.35. The first kappa shape index (κ1) is 15.6. The van der Waals surface area contributed by atoms with Crippen molar-refractivity contribution in [3.63, 3.8) is 0 Å². The van der Waals surface area contributed by atoms with Crippen LogP contribution in [0.1, 0.15) is 32.4 Å². The van der Waals surface area contributed by atoms with Crippen molar-refractivity contribution in [3.8, 4) is 5.69 Å². The number of tetrazole rings is 1. The molecule has 1 N–H and O–H groups in total. The van der Waals surface area contributed by atoms with E-state index in [1.807, 2.05) is 12.1 Å². The second-order valence-corrected chi connectivity index (χ2v) is 6.16. The second-order valence-electron chi connectivity index (χ2n) is 6.16. The largest absolute Gasteiger partial charge is 0.308 e. The van der Waals surface area contributed by atoms with E-state index in [0.717, 1.165) is 12.2 Å². The summed E-state index contributed by atoms with van der Waals surface area (Å²) in [6.45, 7) is 7.54. The Morgan fingerprint density at radius 3 is 2.71 bits per heavy atom. The van der Waals surface area contributed by atoms with E-state index < -0.39 is 0 Å². The van der Waals surface area contributed by atoms with Crippen LogP contribution in [0, 0.1) is 0 Å². The Balaban J connectivity index is 2.06. The van der Waals surface area contributed by atoms with Crippen molar-refractivity contribution in [2.75, 3.05) is 20.6 Å². The summed E-state index contributed by atoms with van der Waals surface area (Å²) >= 11 is 0. The molecular formula is C15H24N6. The van der Waals surface area contributed by atoms with Crippen molar-refractivity contribution < 1.29 is 0 Å². The summed E-state index contributed by atoms with van der Waals surface area (Å²) in [5, 5.41) is 14.9. The summed E-state index contributed by atoms with van der Waals surface area (Å²) in [7, 11) is 4.20. The fraction of sp³-hybridized carbons (Fsp3) is 0.533. The molecule has 0 aliphatic heterocycles. The fourth-order valence-electron chi connectivity index (χ4n) is 1.90. The molecule has 1 heterocycles. The Bertz CT molecular complexity index is 561. The number of hydrogen-bond acceptors (Lipinski definition) is 5. The molecule has 114 valence electrons. The zero-order valence-corrected chi connectivity index (χ0v) is 13.4. The number of aromatic nitrogens is 4. The molecule has 2 rings (SSSR count). The SMILES string of the molecule is CC(NCC(C)(C)N(C)C)c1cccc(-n2cnnn2)c1. The summed E-state index contributed by atoms with van der Waals surface area (Å²) in [6, 6.07) is 8.52. The van der Waals surface area contributed by atoms with Crippen LogP contribution < -0.4 is 5.32 Å². The van der Waals surface area contributed by atoms with E-state index >= 15 is 0 Å². The molecule has 0 radical (unpaired) electrons. The summed E-state index contributed by atoms with van der Waals surface area (Å²) in [5.74, 6) is 0. The zero-order valence-electron chi connectivity index (χ0n) is 13.4. The molecule has 6 nitrogen and oxygen atoms in total. The lowest BCUT2D eigenvalue weighted by Gasteiger charge is -2.34. The lowest BCUT2D eigenvalue weighted by atomic mass is 10.0. The first-order valence-corrected chi connectivity index (χ1v) is 7.14. The smallest absolute Gasteiger partial charge is 0.143 e. The second kappa shape index (κ2) is 6.32. The van der Waals surface area contributed by atoms with Gasteiger partial charge in [0.15, 0.2) is 0 Å². The van der Waals surface area contributed by atoms with Gasteiger partial charge in [-0.05, 0) is 63.0 Å². The van der Waals surface area contributed by atoms with E-state index in [9.17, 15) is 0 Å². The van der Waals surface area contributed by atoms with Crippen molar-refractivity contribution in [1.82, 2.24) is 30.4 Å². The van der Waals surface area contributed by atoms with E-state index in [1.165, 1.54) is 5.56 Å². The van der Waals surface area contributed by atoms with E-state index in [4.69, 9.17) is 0 Å². The molecule has 1 aromatic heterocycles. The van der Waals surface area contributed by atoms with Crippen LogP contribution in [0.2, 0.25) is 0 Å². The number of likely N-dealkylation sites (N-methyl/N-ethyl adjacent to an activating group) is 1. The predicted molar refractivity (Wildman–Crippen MR) is 83.3 cm³/mol. The average molecular weight is 288 g/mol. The van der Waals surface area contributed by atoms with Crippen molar-refractivity contribution >= 4 is 0 Å². The predicted octanol–water partition coefficient (Wildman–Crippen LogP) is 1.65. The monoisotopic (exact) mass is 288 g/mol. The summed E-state index contributed by atoms with van der Waals surface area (Å²) in [4.78, 5) is 2.23. The third-order valence-corrected chi connectivity index (χ3v) is 4.04. The van der Waals surface area contributed by atoms with Crippen LogP contribution >= 0.6 is 0 Å². The zero-order chi connectivity index (χ0) is 15.5. The van der Waals surface area contributed by atoms with Crippen molar-refractivity contribution in [2.45, 2.75) is 32.4 Å². The molecule has 0 aliphatic carbocycles. The maximum Gasteiger partial charge on any atom is 0.143 e. The maximum absolute atomic E-state index is 3.92. The Labute approximate surface area is 126 Å². The minimum Gasteiger partial charge on any atom is -0.308 e. The molecule has 6 heteroatoms. The van der Waals surface area contributed by atoms with Gasteiger partial charge in [-0.2, -0.15) is 0 Å². The topological polar surface area (TPSA) is 58.9 Å². The molecule has 0 bridgehead atoms. The van der Waals surface area contributed by atoms with Crippen LogP contribution in [0.4, 0.5) is 0 Å². The Morgan fingerprint density at radius 1 is 1.33 bits per heavy atom. The Morgan fingerprint density at radius 2 is 2.10 bits per heavy atom. The first-order valence-electron chi connectivity index (χ1n) is 7.14. The van der Waals surface area contributed by atoms with Gasteiger partial charge in [0.1, 0.15) is 6.33 Å². The van der Waals surface area contributed by atoms with Gasteiger partial charge in [-0.15, -0.1) is 5.10 Å². The maximum atomic E-state index is 3.92. The first-order chi connectivity index (χ1) is 9.90. The lowest BCUT2D eigenvalue weighted by Crippen LogP contribution is -2.47. The van der Waals surface area contributed by atoms with Crippen LogP contribution in [-0.4, -0.2) is 51.3 Å². The van der Waals surface area contributed by atoms with Crippen LogP contribution in [0.25, 0.3) is 5.69 Å². The molecule has 0 aliphatic rings. The van der Waals surface area contributed by atoms with E-state index in [2.05, 4.69) is 72.7 Å². The van der Waals surface area contributed by atoms with Gasteiger partial charge in [0, 0.05) is 18.1 Å². The highest BCUT2D eigenvalue weighted by Crippen LogP contribution is 2.17. The number of hydrogen-bond donors (Lipinski definition) is 1. The van der Waals surface area contributed by atoms with Gasteiger partial charge >= 0.3 is 0 Å². The van der Waals surface area contributed by atoms with Gasteiger partial charge < -0.3 is 10.2 Å². The molecule has 0 amide bonds. The molecule has 1 aromatic carbocycles. The van der Waals surface area contributed by atoms with Crippen LogP contribution in [0.3, 0.4) is 0 Å². The number of nitrogens with one attached hydrogen (secondary N) is 1. The van der Waals surface area contributed by atoms with Crippen LogP contribution in [0.15, 0.2) is 30.6 Å². The summed E-state index contributed by atoms with van der Waals surface area (Å²) in [6.07, 6.45) is 1.60. The van der Waals surface area contributed by atoms with E-state index in [-0.39, 0.29) is 11.6 Å². The van der Waals surface area contributed by atoms with Crippen LogP contribution in [-0.2, 0) is 0 Å². The Hall–Kier alpha value is -1.79. The standard InChI is InChI=1S/C15H24N6/c1-12(16-10-15(2,3)20(4)5)13-7-6-8-14(9-13)21-11-17-18-19-21/h6-9,11-12,16H,10H2,1-5H3. The molecule has 1 unspecified atom stereocenters. The Kier molecular flexibility index (Phi) is 4.69. The van der Waals surface area contributed by atoms with Gasteiger partial charge in [0.05, 0.1) is 5.69 Å². The number of nitrogens with zero attached hydrogens (tertiary/aromatic N) is 5. The van der Waals surface area contributed by atoms with Gasteiger partial charge in [0.25, 0.3) is 0 Å². The van der Waals surface area contributed by atoms with Crippen molar-refractivity contribution in [1.29, 1.82) is 0 Å². The molecule has 0 saturated carbocycles. The number of benzene rings is 1. The third-order valence-electron chi connectivity index (χ3n) is 4.04. The summed E-state index contributed by atoms with van der Waals surface area (Å²) in [5.41, 5.74) is 2.30. The van der Waals surface area contributed by atoms with E-state index in [0.29, 0.717) is 0 Å². The highest BCUT2D eigenvalue weighted by Gasteiger charge is 2.21. The minimum atomic E-state index is 0.113. The van der Waals surface area contributed by atoms with Gasteiger partial charge in [0.2, 0.25) is 0 Å². The van der Waals surface area contributed by atoms with Gasteiger partial charge in [-0.25, -0.2) is 4.68 Å². The average Bonchev–Trinajstić information content (AvgIpc) is 2.99. The molecule has 21 heavy (non-hydrogen) atoms. The van der Waals surface area contributed by atoms with Crippen molar-refractivity contribution in [3.05, 3.63) is 36.2 Å². The quantitative estimate of drug-likeness (QED) is 0.876.